The molecule has 13 heavy (non-hydrogen) atoms. The molecule has 1 rings (SSSR count). The molecule has 0 aliphatic rings. The first kappa shape index (κ1) is 9.58. The van der Waals surface area contributed by atoms with Gasteiger partial charge in [0.05, 0.1) is 12.7 Å². The first-order valence-electron chi connectivity index (χ1n) is 4.08. The third-order valence-electron chi connectivity index (χ3n) is 1.94. The Morgan fingerprint density at radius 3 is 2.69 bits per heavy atom. The second-order valence-corrected chi connectivity index (χ2v) is 2.69. The summed E-state index contributed by atoms with van der Waals surface area (Å²) in [6.45, 7) is 1.96. The second kappa shape index (κ2) is 3.94. The minimum atomic E-state index is 0.00708. The minimum absolute atomic E-state index is 0.00708. The van der Waals surface area contributed by atoms with E-state index in [1.807, 2.05) is 6.92 Å². The van der Waals surface area contributed by atoms with E-state index in [9.17, 15) is 9.90 Å². The van der Waals surface area contributed by atoms with Crippen LogP contribution in [0.5, 0.6) is 11.5 Å². The van der Waals surface area contributed by atoms with E-state index in [2.05, 4.69) is 0 Å². The molecular formula is C10H12O3. The summed E-state index contributed by atoms with van der Waals surface area (Å²) in [6, 6.07) is 3.10. The molecule has 3 heteroatoms. The van der Waals surface area contributed by atoms with Crippen LogP contribution in [0.15, 0.2) is 12.1 Å². The Hall–Kier alpha value is -1.51. The van der Waals surface area contributed by atoms with Gasteiger partial charge in [0.25, 0.3) is 0 Å². The third-order valence-corrected chi connectivity index (χ3v) is 1.94. The van der Waals surface area contributed by atoms with Gasteiger partial charge in [0, 0.05) is 0 Å². The van der Waals surface area contributed by atoms with Crippen molar-refractivity contribution in [1.82, 2.24) is 0 Å². The zero-order valence-electron chi connectivity index (χ0n) is 7.70. The summed E-state index contributed by atoms with van der Waals surface area (Å²) in [4.78, 5) is 10.5. The van der Waals surface area contributed by atoms with Crippen LogP contribution in [0.2, 0.25) is 0 Å². The zero-order valence-corrected chi connectivity index (χ0v) is 7.70. The van der Waals surface area contributed by atoms with Crippen LogP contribution in [0.25, 0.3) is 0 Å². The molecule has 1 aromatic carbocycles. The van der Waals surface area contributed by atoms with Crippen molar-refractivity contribution in [3.63, 3.8) is 0 Å². The van der Waals surface area contributed by atoms with Crippen molar-refractivity contribution < 1.29 is 14.6 Å². The fraction of sp³-hybridized carbons (Fsp3) is 0.300. The summed E-state index contributed by atoms with van der Waals surface area (Å²) >= 11 is 0. The van der Waals surface area contributed by atoms with Gasteiger partial charge in [-0.1, -0.05) is 6.92 Å². The van der Waals surface area contributed by atoms with Crippen LogP contribution in [-0.4, -0.2) is 18.5 Å². The summed E-state index contributed by atoms with van der Waals surface area (Å²) in [7, 11) is 1.54. The average Bonchev–Trinajstić information content (AvgIpc) is 2.17. The number of phenols is 1. The molecule has 70 valence electrons. The maximum absolute atomic E-state index is 10.5. The second-order valence-electron chi connectivity index (χ2n) is 2.69. The van der Waals surface area contributed by atoms with Crippen molar-refractivity contribution in [2.45, 2.75) is 13.3 Å². The highest BCUT2D eigenvalue weighted by atomic mass is 16.5. The predicted octanol–water partition coefficient (Wildman–Crippen LogP) is 1.78. The van der Waals surface area contributed by atoms with Crippen molar-refractivity contribution in [3.05, 3.63) is 23.3 Å². The van der Waals surface area contributed by atoms with E-state index in [4.69, 9.17) is 4.74 Å². The van der Waals surface area contributed by atoms with E-state index >= 15 is 0 Å². The fourth-order valence-corrected chi connectivity index (χ4v) is 1.19. The lowest BCUT2D eigenvalue weighted by Crippen LogP contribution is -1.93. The largest absolute Gasteiger partial charge is 0.507 e. The van der Waals surface area contributed by atoms with Crippen LogP contribution in [-0.2, 0) is 6.42 Å². The average molecular weight is 180 g/mol. The Balaban J connectivity index is 3.26. The van der Waals surface area contributed by atoms with Gasteiger partial charge in [0.2, 0.25) is 0 Å². The number of phenolic OH excluding ortho intramolecular Hbond substituents is 1. The molecule has 0 aliphatic heterocycles. The highest BCUT2D eigenvalue weighted by molar-refractivity contribution is 5.80. The molecule has 0 heterocycles. The van der Waals surface area contributed by atoms with Crippen molar-refractivity contribution in [1.29, 1.82) is 0 Å². The predicted molar refractivity (Wildman–Crippen MR) is 49.4 cm³/mol. The molecule has 1 aromatic rings. The van der Waals surface area contributed by atoms with E-state index in [-0.39, 0.29) is 11.3 Å². The van der Waals surface area contributed by atoms with E-state index in [0.29, 0.717) is 12.0 Å². The molecule has 0 amide bonds. The number of rotatable bonds is 3. The highest BCUT2D eigenvalue weighted by Gasteiger charge is 2.07. The van der Waals surface area contributed by atoms with Gasteiger partial charge >= 0.3 is 0 Å². The molecule has 0 radical (unpaired) electrons. The van der Waals surface area contributed by atoms with Crippen LogP contribution < -0.4 is 4.74 Å². The molecule has 0 bridgehead atoms. The number of aryl methyl sites for hydroxylation is 1. The molecule has 0 aromatic heterocycles. The Bertz CT molecular complexity index is 318. The summed E-state index contributed by atoms with van der Waals surface area (Å²) in [5, 5.41) is 9.36. The molecule has 1 N–H and O–H groups in total. The zero-order chi connectivity index (χ0) is 9.84. The number of hydrogen-bond acceptors (Lipinski definition) is 3. The number of carbonyl (C=O) groups is 1. The topological polar surface area (TPSA) is 46.5 Å². The lowest BCUT2D eigenvalue weighted by atomic mass is 10.1. The minimum Gasteiger partial charge on any atom is -0.507 e. The van der Waals surface area contributed by atoms with Gasteiger partial charge in [-0.25, -0.2) is 0 Å². The molecule has 0 atom stereocenters. The van der Waals surface area contributed by atoms with Crippen LogP contribution >= 0.6 is 0 Å². The SMILES string of the molecule is CCc1cc(O)c(C=O)cc1OC. The van der Waals surface area contributed by atoms with E-state index in [1.54, 1.807) is 19.2 Å². The highest BCUT2D eigenvalue weighted by Crippen LogP contribution is 2.27. The molecule has 3 nitrogen and oxygen atoms in total. The maximum Gasteiger partial charge on any atom is 0.153 e. The summed E-state index contributed by atoms with van der Waals surface area (Å²) in [5.41, 5.74) is 1.15. The number of aromatic hydroxyl groups is 1. The van der Waals surface area contributed by atoms with Crippen molar-refractivity contribution in [2.24, 2.45) is 0 Å². The first-order chi connectivity index (χ1) is 6.22. The van der Waals surface area contributed by atoms with Crippen molar-refractivity contribution in [3.8, 4) is 11.5 Å². The van der Waals surface area contributed by atoms with Gasteiger partial charge in [-0.05, 0) is 24.1 Å². The fourth-order valence-electron chi connectivity index (χ4n) is 1.19. The standard InChI is InChI=1S/C10H12O3/c1-3-7-4-9(12)8(6-11)5-10(7)13-2/h4-6,12H,3H2,1-2H3. The molecular weight excluding hydrogens is 168 g/mol. The van der Waals surface area contributed by atoms with Crippen LogP contribution in [0.3, 0.4) is 0 Å². The summed E-state index contributed by atoms with van der Waals surface area (Å²) < 4.78 is 5.06. The Kier molecular flexibility index (Phi) is 2.90. The molecule has 0 aliphatic carbocycles. The van der Waals surface area contributed by atoms with Gasteiger partial charge in [-0.2, -0.15) is 0 Å². The van der Waals surface area contributed by atoms with E-state index in [1.165, 1.54) is 0 Å². The first-order valence-corrected chi connectivity index (χ1v) is 4.08. The molecule has 0 saturated carbocycles. The molecule has 0 unspecified atom stereocenters. The van der Waals surface area contributed by atoms with Crippen LogP contribution in [0, 0.1) is 0 Å². The van der Waals surface area contributed by atoms with Gasteiger partial charge in [0.1, 0.15) is 11.5 Å². The van der Waals surface area contributed by atoms with Gasteiger partial charge in [-0.3, -0.25) is 4.79 Å². The summed E-state index contributed by atoms with van der Waals surface area (Å²) in [6.07, 6.45) is 1.37. The smallest absolute Gasteiger partial charge is 0.153 e. The van der Waals surface area contributed by atoms with Gasteiger partial charge < -0.3 is 9.84 Å². The normalized spacial score (nSPS) is 9.69. The quantitative estimate of drug-likeness (QED) is 0.721. The summed E-state index contributed by atoms with van der Waals surface area (Å²) in [5.74, 6) is 0.648. The van der Waals surface area contributed by atoms with Crippen LogP contribution in [0.4, 0.5) is 0 Å². The van der Waals surface area contributed by atoms with Crippen molar-refractivity contribution >= 4 is 6.29 Å². The molecule has 0 fully saturated rings. The van der Waals surface area contributed by atoms with Crippen LogP contribution in [0.1, 0.15) is 22.8 Å². The van der Waals surface area contributed by atoms with E-state index < -0.39 is 0 Å². The Labute approximate surface area is 77.0 Å². The third kappa shape index (κ3) is 1.80. The van der Waals surface area contributed by atoms with Crippen molar-refractivity contribution in [2.75, 3.05) is 7.11 Å². The van der Waals surface area contributed by atoms with Gasteiger partial charge in [0.15, 0.2) is 6.29 Å². The Morgan fingerprint density at radius 2 is 2.23 bits per heavy atom. The lowest BCUT2D eigenvalue weighted by Gasteiger charge is -2.08. The number of aldehydes is 1. The van der Waals surface area contributed by atoms with E-state index in [0.717, 1.165) is 12.0 Å². The number of ether oxygens (including phenoxy) is 1. The molecule has 0 spiro atoms. The number of methoxy groups -OCH3 is 1. The maximum atomic E-state index is 10.5. The lowest BCUT2D eigenvalue weighted by molar-refractivity contribution is 0.112. The van der Waals surface area contributed by atoms with Gasteiger partial charge in [-0.15, -0.1) is 0 Å². The molecule has 0 saturated heterocycles. The Morgan fingerprint density at radius 1 is 1.54 bits per heavy atom. The number of carbonyl (C=O) groups excluding carboxylic acids is 1. The monoisotopic (exact) mass is 180 g/mol. The number of benzene rings is 1. The number of hydrogen-bond donors (Lipinski definition) is 1.